The molecule has 0 N–H and O–H groups in total. The Hall–Kier alpha value is -0.0800. The Morgan fingerprint density at radius 1 is 0.800 bits per heavy atom. The Morgan fingerprint density at radius 2 is 1.13 bits per heavy atom. The minimum Gasteiger partial charge on any atom is -0.381 e. The molecule has 0 aliphatic rings. The average Bonchev–Trinajstić information content (AvgIpc) is 2.01. The molecular formula is C13H28O2. The number of hydrogen-bond acceptors (Lipinski definition) is 2. The molecule has 0 bridgehead atoms. The predicted molar refractivity (Wildman–Crippen MR) is 65.1 cm³/mol. The van der Waals surface area contributed by atoms with Crippen molar-refractivity contribution in [2.45, 2.75) is 41.5 Å². The van der Waals surface area contributed by atoms with Gasteiger partial charge in [0, 0.05) is 18.6 Å². The Bertz CT molecular complexity index is 135. The third-order valence-corrected chi connectivity index (χ3v) is 1.89. The molecule has 0 saturated heterocycles. The SMILES string of the molecule is CC(C)COCC(C)(C)COCC(C)C. The quantitative estimate of drug-likeness (QED) is 0.619. The Kier molecular flexibility index (Phi) is 7.20. The smallest absolute Gasteiger partial charge is 0.0539 e. The van der Waals surface area contributed by atoms with Crippen LogP contribution in [-0.4, -0.2) is 26.4 Å². The van der Waals surface area contributed by atoms with Crippen molar-refractivity contribution in [2.24, 2.45) is 17.3 Å². The molecule has 0 unspecified atom stereocenters. The second-order valence-electron chi connectivity index (χ2n) is 5.98. The standard InChI is InChI=1S/C13H28O2/c1-11(2)7-14-9-13(5,6)10-15-8-12(3)4/h11-12H,7-10H2,1-6H3. The van der Waals surface area contributed by atoms with E-state index in [2.05, 4.69) is 41.5 Å². The van der Waals surface area contributed by atoms with Crippen LogP contribution in [0.15, 0.2) is 0 Å². The van der Waals surface area contributed by atoms with E-state index in [4.69, 9.17) is 9.47 Å². The Balaban J connectivity index is 3.57. The van der Waals surface area contributed by atoms with E-state index in [1.165, 1.54) is 0 Å². The zero-order valence-electron chi connectivity index (χ0n) is 11.3. The van der Waals surface area contributed by atoms with Crippen molar-refractivity contribution >= 4 is 0 Å². The third-order valence-electron chi connectivity index (χ3n) is 1.89. The van der Waals surface area contributed by atoms with Gasteiger partial charge in [-0.15, -0.1) is 0 Å². The maximum absolute atomic E-state index is 5.64. The van der Waals surface area contributed by atoms with Crippen LogP contribution in [0.1, 0.15) is 41.5 Å². The van der Waals surface area contributed by atoms with Gasteiger partial charge in [-0.1, -0.05) is 41.5 Å². The topological polar surface area (TPSA) is 18.5 Å². The van der Waals surface area contributed by atoms with Gasteiger partial charge in [-0.05, 0) is 11.8 Å². The van der Waals surface area contributed by atoms with Crippen LogP contribution in [0.5, 0.6) is 0 Å². The zero-order valence-corrected chi connectivity index (χ0v) is 11.3. The lowest BCUT2D eigenvalue weighted by Crippen LogP contribution is -2.27. The predicted octanol–water partition coefficient (Wildman–Crippen LogP) is 3.36. The molecule has 0 amide bonds. The molecule has 0 radical (unpaired) electrons. The summed E-state index contributed by atoms with van der Waals surface area (Å²) in [6.07, 6.45) is 0. The van der Waals surface area contributed by atoms with Gasteiger partial charge in [0.25, 0.3) is 0 Å². The number of hydrogen-bond donors (Lipinski definition) is 0. The van der Waals surface area contributed by atoms with Gasteiger partial charge in [0.05, 0.1) is 13.2 Å². The molecule has 2 heteroatoms. The third kappa shape index (κ3) is 10.2. The fourth-order valence-electron chi connectivity index (χ4n) is 1.18. The van der Waals surface area contributed by atoms with Crippen molar-refractivity contribution in [1.82, 2.24) is 0 Å². The van der Waals surface area contributed by atoms with Crippen LogP contribution in [0.4, 0.5) is 0 Å². The maximum Gasteiger partial charge on any atom is 0.0539 e. The molecule has 0 aromatic carbocycles. The van der Waals surface area contributed by atoms with Crippen molar-refractivity contribution in [2.75, 3.05) is 26.4 Å². The molecular weight excluding hydrogens is 188 g/mol. The van der Waals surface area contributed by atoms with Gasteiger partial charge in [0.15, 0.2) is 0 Å². The number of rotatable bonds is 8. The monoisotopic (exact) mass is 216 g/mol. The van der Waals surface area contributed by atoms with E-state index in [9.17, 15) is 0 Å². The molecule has 0 aliphatic carbocycles. The van der Waals surface area contributed by atoms with Crippen LogP contribution in [0.3, 0.4) is 0 Å². The summed E-state index contributed by atoms with van der Waals surface area (Å²) in [5, 5.41) is 0. The molecule has 0 heterocycles. The molecule has 0 spiro atoms. The van der Waals surface area contributed by atoms with Crippen LogP contribution >= 0.6 is 0 Å². The highest BCUT2D eigenvalue weighted by Crippen LogP contribution is 2.16. The first-order chi connectivity index (χ1) is 6.83. The van der Waals surface area contributed by atoms with E-state index in [1.54, 1.807) is 0 Å². The molecule has 2 nitrogen and oxygen atoms in total. The second kappa shape index (κ2) is 7.24. The highest BCUT2D eigenvalue weighted by molar-refractivity contribution is 4.67. The second-order valence-corrected chi connectivity index (χ2v) is 5.98. The van der Waals surface area contributed by atoms with E-state index in [-0.39, 0.29) is 5.41 Å². The molecule has 92 valence electrons. The van der Waals surface area contributed by atoms with Crippen molar-refractivity contribution in [1.29, 1.82) is 0 Å². The molecule has 0 aliphatic heterocycles. The molecule has 0 aromatic rings. The fraction of sp³-hybridized carbons (Fsp3) is 1.00. The lowest BCUT2D eigenvalue weighted by molar-refractivity contribution is -0.0159. The van der Waals surface area contributed by atoms with E-state index in [1.807, 2.05) is 0 Å². The molecule has 0 rings (SSSR count). The maximum atomic E-state index is 5.64. The first kappa shape index (κ1) is 14.9. The van der Waals surface area contributed by atoms with Crippen LogP contribution < -0.4 is 0 Å². The fourth-order valence-corrected chi connectivity index (χ4v) is 1.18. The number of ether oxygens (including phenoxy) is 2. The molecule has 0 saturated carbocycles. The summed E-state index contributed by atoms with van der Waals surface area (Å²) >= 11 is 0. The summed E-state index contributed by atoms with van der Waals surface area (Å²) in [5.74, 6) is 1.22. The Labute approximate surface area is 95.3 Å². The summed E-state index contributed by atoms with van der Waals surface area (Å²) in [4.78, 5) is 0. The van der Waals surface area contributed by atoms with Crippen molar-refractivity contribution in [3.05, 3.63) is 0 Å². The van der Waals surface area contributed by atoms with Gasteiger partial charge in [-0.3, -0.25) is 0 Å². The summed E-state index contributed by atoms with van der Waals surface area (Å²) in [6, 6.07) is 0. The Morgan fingerprint density at radius 3 is 1.40 bits per heavy atom. The van der Waals surface area contributed by atoms with Gasteiger partial charge >= 0.3 is 0 Å². The first-order valence-corrected chi connectivity index (χ1v) is 5.99. The van der Waals surface area contributed by atoms with E-state index >= 15 is 0 Å². The van der Waals surface area contributed by atoms with Crippen LogP contribution in [0, 0.1) is 17.3 Å². The summed E-state index contributed by atoms with van der Waals surface area (Å²) in [6.45, 7) is 16.3. The van der Waals surface area contributed by atoms with E-state index in [0.717, 1.165) is 26.4 Å². The van der Waals surface area contributed by atoms with Crippen molar-refractivity contribution in [3.63, 3.8) is 0 Å². The summed E-state index contributed by atoms with van der Waals surface area (Å²) < 4.78 is 11.3. The average molecular weight is 216 g/mol. The van der Waals surface area contributed by atoms with Crippen LogP contribution in [0.25, 0.3) is 0 Å². The van der Waals surface area contributed by atoms with Gasteiger partial charge in [0.2, 0.25) is 0 Å². The largest absolute Gasteiger partial charge is 0.381 e. The van der Waals surface area contributed by atoms with E-state index < -0.39 is 0 Å². The van der Waals surface area contributed by atoms with Gasteiger partial charge < -0.3 is 9.47 Å². The van der Waals surface area contributed by atoms with Crippen LogP contribution in [0.2, 0.25) is 0 Å². The minimum atomic E-state index is 0.129. The van der Waals surface area contributed by atoms with E-state index in [0.29, 0.717) is 11.8 Å². The van der Waals surface area contributed by atoms with Gasteiger partial charge in [0.1, 0.15) is 0 Å². The van der Waals surface area contributed by atoms with Gasteiger partial charge in [-0.25, -0.2) is 0 Å². The van der Waals surface area contributed by atoms with Crippen LogP contribution in [-0.2, 0) is 9.47 Å². The van der Waals surface area contributed by atoms with Crippen molar-refractivity contribution < 1.29 is 9.47 Å². The molecule has 0 aromatic heterocycles. The summed E-state index contributed by atoms with van der Waals surface area (Å²) in [5.41, 5.74) is 0.129. The first-order valence-electron chi connectivity index (χ1n) is 5.99. The summed E-state index contributed by atoms with van der Waals surface area (Å²) in [7, 11) is 0. The molecule has 0 fully saturated rings. The normalized spacial score (nSPS) is 12.8. The lowest BCUT2D eigenvalue weighted by Gasteiger charge is -2.25. The molecule has 15 heavy (non-hydrogen) atoms. The van der Waals surface area contributed by atoms with Gasteiger partial charge in [-0.2, -0.15) is 0 Å². The highest BCUT2D eigenvalue weighted by Gasteiger charge is 2.18. The molecule has 0 atom stereocenters. The zero-order chi connectivity index (χ0) is 11.9. The lowest BCUT2D eigenvalue weighted by atomic mass is 9.96. The van der Waals surface area contributed by atoms with Crippen molar-refractivity contribution in [3.8, 4) is 0 Å². The highest BCUT2D eigenvalue weighted by atomic mass is 16.5. The minimum absolute atomic E-state index is 0.129.